The molecule has 0 unspecified atom stereocenters. The van der Waals surface area contributed by atoms with Gasteiger partial charge in [0.15, 0.2) is 5.78 Å². The van der Waals surface area contributed by atoms with Crippen LogP contribution in [0.25, 0.3) is 11.1 Å². The number of hydrogen-bond donors (Lipinski definition) is 2. The first-order valence-electron chi connectivity index (χ1n) is 9.59. The summed E-state index contributed by atoms with van der Waals surface area (Å²) in [7, 11) is 0. The molecule has 0 aliphatic heterocycles. The van der Waals surface area contributed by atoms with Gasteiger partial charge >= 0.3 is 0 Å². The third kappa shape index (κ3) is 5.89. The van der Waals surface area contributed by atoms with E-state index in [0.29, 0.717) is 12.8 Å². The van der Waals surface area contributed by atoms with Crippen molar-refractivity contribution in [3.8, 4) is 11.1 Å². The summed E-state index contributed by atoms with van der Waals surface area (Å²) in [5.74, 6) is 0.0395. The zero-order chi connectivity index (χ0) is 19.1. The van der Waals surface area contributed by atoms with Gasteiger partial charge in [-0.2, -0.15) is 0 Å². The highest BCUT2D eigenvalue weighted by Crippen LogP contribution is 2.21. The maximum Gasteiger partial charge on any atom is 0.154 e. The Labute approximate surface area is 168 Å². The Morgan fingerprint density at radius 2 is 1.64 bits per heavy atom. The molecule has 1 atom stereocenters. The number of aromatic nitrogens is 2. The molecular formula is C24H31N3O. The fraction of sp³-hybridized carbons (Fsp3) is 0.333. The summed E-state index contributed by atoms with van der Waals surface area (Å²) in [6.45, 7) is 2.21. The lowest BCUT2D eigenvalue weighted by molar-refractivity contribution is -0.119. The molecule has 1 heterocycles. The number of Topliss-reactive ketones (excluding diaryl/α,β-unsaturated/α-hetero) is 1. The highest BCUT2D eigenvalue weighted by Gasteiger charge is 2.15. The summed E-state index contributed by atoms with van der Waals surface area (Å²) < 4.78 is 0. The number of nitrogens with zero attached hydrogens (tertiary/aromatic N) is 1. The lowest BCUT2D eigenvalue weighted by Gasteiger charge is -2.10. The molecule has 0 radical (unpaired) electrons. The first kappa shape index (κ1) is 21.6. The van der Waals surface area contributed by atoms with Crippen molar-refractivity contribution in [2.45, 2.75) is 52.5 Å². The van der Waals surface area contributed by atoms with Crippen molar-refractivity contribution in [1.29, 1.82) is 0 Å². The molecule has 0 saturated carbocycles. The van der Waals surface area contributed by atoms with Gasteiger partial charge in [-0.3, -0.25) is 4.79 Å². The van der Waals surface area contributed by atoms with E-state index in [4.69, 9.17) is 5.73 Å². The lowest BCUT2D eigenvalue weighted by atomic mass is 9.97. The number of ketones is 1. The number of nitrogens with one attached hydrogen (secondary N) is 1. The molecule has 4 heteroatoms. The minimum atomic E-state index is -0.513. The molecular weight excluding hydrogens is 346 g/mol. The number of benzene rings is 2. The number of aromatic amines is 1. The standard InChI is InChI=1S/C23H27N3O.CH4/c1-2-3-4-17-5-9-19(10-6-17)20-11-7-18(8-12-20)13-23(27)22(24)14-21-15-25-16-26-21;/h5-12,15-16,22H,2-4,13-14,24H2,1H3,(H,25,26);1H4/t22-;/m0./s1. The second-order valence-corrected chi connectivity index (χ2v) is 7.03. The number of unbranched alkanes of at least 4 members (excludes halogenated alkanes) is 1. The van der Waals surface area contributed by atoms with E-state index >= 15 is 0 Å². The SMILES string of the molecule is C.CCCCc1ccc(-c2ccc(CC(=O)[C@@H](N)Cc3cnc[nH]3)cc2)cc1. The molecule has 148 valence electrons. The first-order chi connectivity index (χ1) is 13.2. The van der Waals surface area contributed by atoms with Gasteiger partial charge in [-0.15, -0.1) is 0 Å². The Balaban J connectivity index is 0.00000280. The van der Waals surface area contributed by atoms with Crippen molar-refractivity contribution >= 4 is 5.78 Å². The summed E-state index contributed by atoms with van der Waals surface area (Å²) >= 11 is 0. The van der Waals surface area contributed by atoms with Gasteiger partial charge in [0.05, 0.1) is 12.4 Å². The van der Waals surface area contributed by atoms with E-state index in [1.54, 1.807) is 12.5 Å². The summed E-state index contributed by atoms with van der Waals surface area (Å²) in [6.07, 6.45) is 7.72. The Kier molecular flexibility index (Phi) is 8.15. The third-order valence-corrected chi connectivity index (χ3v) is 4.85. The number of rotatable bonds is 9. The summed E-state index contributed by atoms with van der Waals surface area (Å²) in [5.41, 5.74) is 11.6. The number of H-pyrrole nitrogens is 1. The predicted molar refractivity (Wildman–Crippen MR) is 116 cm³/mol. The van der Waals surface area contributed by atoms with E-state index in [9.17, 15) is 4.79 Å². The van der Waals surface area contributed by atoms with Gasteiger partial charge in [0.25, 0.3) is 0 Å². The van der Waals surface area contributed by atoms with Crippen LogP contribution in [-0.4, -0.2) is 21.8 Å². The van der Waals surface area contributed by atoms with Gasteiger partial charge in [0, 0.05) is 24.7 Å². The molecule has 2 aromatic carbocycles. The van der Waals surface area contributed by atoms with Crippen LogP contribution >= 0.6 is 0 Å². The normalized spacial score (nSPS) is 11.6. The van der Waals surface area contributed by atoms with Crippen LogP contribution in [0.1, 0.15) is 44.0 Å². The van der Waals surface area contributed by atoms with Crippen LogP contribution in [-0.2, 0) is 24.1 Å². The van der Waals surface area contributed by atoms with Crippen LogP contribution in [0, 0.1) is 0 Å². The number of carbonyl (C=O) groups is 1. The average molecular weight is 378 g/mol. The molecule has 0 saturated heterocycles. The molecule has 3 aromatic rings. The molecule has 0 spiro atoms. The molecule has 3 rings (SSSR count). The third-order valence-electron chi connectivity index (χ3n) is 4.85. The highest BCUT2D eigenvalue weighted by atomic mass is 16.1. The van der Waals surface area contributed by atoms with Crippen molar-refractivity contribution in [3.63, 3.8) is 0 Å². The minimum absolute atomic E-state index is 0. The quantitative estimate of drug-likeness (QED) is 0.566. The van der Waals surface area contributed by atoms with Crippen LogP contribution in [0.15, 0.2) is 61.1 Å². The fourth-order valence-electron chi connectivity index (χ4n) is 3.14. The summed E-state index contributed by atoms with van der Waals surface area (Å²) in [5, 5.41) is 0. The van der Waals surface area contributed by atoms with Crippen molar-refractivity contribution in [2.24, 2.45) is 5.73 Å². The molecule has 0 aliphatic carbocycles. The van der Waals surface area contributed by atoms with E-state index < -0.39 is 6.04 Å². The maximum atomic E-state index is 12.4. The summed E-state index contributed by atoms with van der Waals surface area (Å²) in [4.78, 5) is 19.3. The molecule has 28 heavy (non-hydrogen) atoms. The van der Waals surface area contributed by atoms with Gasteiger partial charge in [0.2, 0.25) is 0 Å². The zero-order valence-electron chi connectivity index (χ0n) is 15.8. The van der Waals surface area contributed by atoms with Crippen LogP contribution < -0.4 is 5.73 Å². The topological polar surface area (TPSA) is 71.8 Å². The first-order valence-corrected chi connectivity index (χ1v) is 9.59. The Morgan fingerprint density at radius 3 is 2.18 bits per heavy atom. The van der Waals surface area contributed by atoms with Gasteiger partial charge in [-0.25, -0.2) is 4.98 Å². The average Bonchev–Trinajstić information content (AvgIpc) is 3.20. The summed E-state index contributed by atoms with van der Waals surface area (Å²) in [6, 6.07) is 16.4. The van der Waals surface area contributed by atoms with Gasteiger partial charge in [0.1, 0.15) is 0 Å². The molecule has 0 aliphatic rings. The van der Waals surface area contributed by atoms with Gasteiger partial charge in [-0.05, 0) is 35.1 Å². The number of imidazole rings is 1. The number of aryl methyl sites for hydroxylation is 1. The van der Waals surface area contributed by atoms with Crippen LogP contribution in [0.3, 0.4) is 0 Å². The van der Waals surface area contributed by atoms with Gasteiger partial charge in [-0.1, -0.05) is 69.3 Å². The molecule has 4 nitrogen and oxygen atoms in total. The van der Waals surface area contributed by atoms with E-state index in [-0.39, 0.29) is 13.2 Å². The van der Waals surface area contributed by atoms with Crippen LogP contribution in [0.5, 0.6) is 0 Å². The molecule has 3 N–H and O–H groups in total. The number of hydrogen-bond acceptors (Lipinski definition) is 3. The second-order valence-electron chi connectivity index (χ2n) is 7.03. The van der Waals surface area contributed by atoms with Crippen LogP contribution in [0.4, 0.5) is 0 Å². The van der Waals surface area contributed by atoms with Crippen LogP contribution in [0.2, 0.25) is 0 Å². The second kappa shape index (κ2) is 10.6. The van der Waals surface area contributed by atoms with Crippen molar-refractivity contribution in [1.82, 2.24) is 9.97 Å². The van der Waals surface area contributed by atoms with Gasteiger partial charge < -0.3 is 10.7 Å². The predicted octanol–water partition coefficient (Wildman–Crippen LogP) is 4.74. The smallest absolute Gasteiger partial charge is 0.154 e. The minimum Gasteiger partial charge on any atom is -0.348 e. The van der Waals surface area contributed by atoms with E-state index in [1.807, 2.05) is 12.1 Å². The molecule has 0 bridgehead atoms. The van der Waals surface area contributed by atoms with E-state index in [2.05, 4.69) is 53.3 Å². The van der Waals surface area contributed by atoms with E-state index in [0.717, 1.165) is 23.2 Å². The van der Waals surface area contributed by atoms with Crippen molar-refractivity contribution in [2.75, 3.05) is 0 Å². The highest BCUT2D eigenvalue weighted by molar-refractivity contribution is 5.86. The zero-order valence-corrected chi connectivity index (χ0v) is 15.8. The largest absolute Gasteiger partial charge is 0.348 e. The Hall–Kier alpha value is -2.72. The maximum absolute atomic E-state index is 12.4. The Morgan fingerprint density at radius 1 is 1.04 bits per heavy atom. The molecule has 0 fully saturated rings. The monoisotopic (exact) mass is 377 g/mol. The molecule has 0 amide bonds. The van der Waals surface area contributed by atoms with E-state index in [1.165, 1.54) is 24.0 Å². The van der Waals surface area contributed by atoms with Crippen molar-refractivity contribution < 1.29 is 4.79 Å². The number of nitrogens with two attached hydrogens (primary N) is 1. The Bertz CT molecular complexity index is 837. The van der Waals surface area contributed by atoms with Crippen molar-refractivity contribution in [3.05, 3.63) is 77.9 Å². The molecule has 1 aromatic heterocycles. The fourth-order valence-corrected chi connectivity index (χ4v) is 3.14. The lowest BCUT2D eigenvalue weighted by Crippen LogP contribution is -2.34. The number of carbonyl (C=O) groups excluding carboxylic acids is 1.